The van der Waals surface area contributed by atoms with Gasteiger partial charge in [-0.1, -0.05) is 52.6 Å². The first kappa shape index (κ1) is 22.8. The normalized spacial score (nSPS) is 17.4. The highest BCUT2D eigenvalue weighted by atomic mass is 35.5. The van der Waals surface area contributed by atoms with E-state index >= 15 is 0 Å². The van der Waals surface area contributed by atoms with Crippen LogP contribution in [0.2, 0.25) is 10.0 Å². The number of rotatable bonds is 9. The van der Waals surface area contributed by atoms with Gasteiger partial charge in [-0.05, 0) is 12.0 Å². The van der Waals surface area contributed by atoms with Gasteiger partial charge < -0.3 is 19.4 Å². The molecule has 1 aliphatic rings. The van der Waals surface area contributed by atoms with Gasteiger partial charge in [0, 0.05) is 23.6 Å². The first-order chi connectivity index (χ1) is 14.2. The first-order valence-corrected chi connectivity index (χ1v) is 10.3. The van der Waals surface area contributed by atoms with Crippen molar-refractivity contribution < 1.29 is 24.2 Å². The van der Waals surface area contributed by atoms with E-state index in [0.717, 1.165) is 0 Å². The van der Waals surface area contributed by atoms with Crippen LogP contribution < -0.4 is 9.47 Å². The first-order valence-electron chi connectivity index (χ1n) is 8.78. The lowest BCUT2D eigenvalue weighted by atomic mass is 10.0. The maximum Gasteiger partial charge on any atom is 0.358 e. The number of carboxylic acid groups (broad SMARTS) is 1. The van der Waals surface area contributed by atoms with Crippen molar-refractivity contribution in [1.29, 1.82) is 0 Å². The van der Waals surface area contributed by atoms with Gasteiger partial charge in [0.05, 0.1) is 16.7 Å². The largest absolute Gasteiger partial charge is 0.490 e. The third-order valence-electron chi connectivity index (χ3n) is 4.41. The molecule has 1 fully saturated rings. The summed E-state index contributed by atoms with van der Waals surface area (Å²) in [5.41, 5.74) is 0.739. The van der Waals surface area contributed by atoms with Gasteiger partial charge in [-0.3, -0.25) is 0 Å². The number of ether oxygens (including phenoxy) is 2. The molecule has 0 spiro atoms. The van der Waals surface area contributed by atoms with Gasteiger partial charge in [-0.25, -0.2) is 4.79 Å². The quantitative estimate of drug-likeness (QED) is 0.281. The molecule has 2 aromatic rings. The van der Waals surface area contributed by atoms with Crippen LogP contribution in [0.15, 0.2) is 41.6 Å². The number of hydrogen-bond acceptors (Lipinski definition) is 5. The van der Waals surface area contributed by atoms with Crippen LogP contribution >= 0.6 is 46.4 Å². The minimum Gasteiger partial charge on any atom is -0.490 e. The molecular weight excluding hydrogens is 476 g/mol. The molecule has 1 aliphatic carbocycles. The van der Waals surface area contributed by atoms with E-state index in [1.165, 1.54) is 7.11 Å². The van der Waals surface area contributed by atoms with Crippen molar-refractivity contribution in [3.05, 3.63) is 57.6 Å². The van der Waals surface area contributed by atoms with Crippen LogP contribution in [0, 0.1) is 5.92 Å². The molecule has 0 radical (unpaired) electrons. The third kappa shape index (κ3) is 5.43. The molecule has 1 unspecified atom stereocenters. The van der Waals surface area contributed by atoms with E-state index in [-0.39, 0.29) is 28.3 Å². The van der Waals surface area contributed by atoms with Gasteiger partial charge in [-0.15, -0.1) is 23.2 Å². The highest BCUT2D eigenvalue weighted by molar-refractivity contribution is 6.50. The Bertz CT molecular complexity index is 956. The molecule has 3 rings (SSSR count). The van der Waals surface area contributed by atoms with Gasteiger partial charge in [0.1, 0.15) is 23.8 Å². The van der Waals surface area contributed by atoms with Crippen molar-refractivity contribution >= 4 is 58.1 Å². The van der Waals surface area contributed by atoms with Crippen LogP contribution in [0.3, 0.4) is 0 Å². The van der Waals surface area contributed by atoms with Crippen LogP contribution in [-0.2, 0) is 16.2 Å². The van der Waals surface area contributed by atoms with E-state index < -0.39 is 10.3 Å². The Morgan fingerprint density at radius 2 is 1.83 bits per heavy atom. The Balaban J connectivity index is 1.72. The lowest BCUT2D eigenvalue weighted by Gasteiger charge is -2.14. The second-order valence-corrected chi connectivity index (χ2v) is 8.92. The molecule has 6 nitrogen and oxygen atoms in total. The summed E-state index contributed by atoms with van der Waals surface area (Å²) in [4.78, 5) is 16.1. The molecule has 0 amide bonds. The van der Waals surface area contributed by atoms with Crippen molar-refractivity contribution in [2.75, 3.05) is 13.7 Å². The van der Waals surface area contributed by atoms with E-state index in [1.807, 2.05) is 0 Å². The summed E-state index contributed by atoms with van der Waals surface area (Å²) in [6, 6.07) is 9.93. The average Bonchev–Trinajstić information content (AvgIpc) is 3.30. The van der Waals surface area contributed by atoms with E-state index in [0.29, 0.717) is 35.7 Å². The van der Waals surface area contributed by atoms with E-state index in [9.17, 15) is 9.90 Å². The summed E-state index contributed by atoms with van der Waals surface area (Å²) in [5, 5.41) is 13.5. The Labute approximate surface area is 193 Å². The average molecular weight is 493 g/mol. The van der Waals surface area contributed by atoms with Crippen LogP contribution in [-0.4, -0.2) is 34.8 Å². The van der Waals surface area contributed by atoms with Crippen molar-refractivity contribution in [2.45, 2.75) is 17.4 Å². The number of carbonyl (C=O) groups is 1. The zero-order chi connectivity index (χ0) is 21.9. The predicted molar refractivity (Wildman–Crippen MR) is 116 cm³/mol. The fourth-order valence-corrected chi connectivity index (χ4v) is 3.80. The van der Waals surface area contributed by atoms with Gasteiger partial charge >= 0.3 is 5.97 Å². The minimum absolute atomic E-state index is 0.0255. The van der Waals surface area contributed by atoms with Crippen LogP contribution in [0.4, 0.5) is 0 Å². The molecule has 0 aromatic heterocycles. The molecule has 0 aliphatic heterocycles. The van der Waals surface area contributed by atoms with Crippen LogP contribution in [0.1, 0.15) is 17.5 Å². The molecule has 0 saturated heterocycles. The van der Waals surface area contributed by atoms with Crippen molar-refractivity contribution in [3.63, 3.8) is 0 Å². The molecular formula is C20H17Cl4NO5. The number of benzene rings is 2. The minimum atomic E-state index is -1.22. The predicted octanol–water partition coefficient (Wildman–Crippen LogP) is 5.58. The zero-order valence-electron chi connectivity index (χ0n) is 15.7. The molecule has 1 saturated carbocycles. The highest BCUT2D eigenvalue weighted by Crippen LogP contribution is 2.53. The summed E-state index contributed by atoms with van der Waals surface area (Å²) in [5.74, 6) is -0.478. The number of carboxylic acids is 1. The zero-order valence-corrected chi connectivity index (χ0v) is 18.7. The SMILES string of the molecule is CON=C(C(=O)O)c1ccccc1COc1cc(Cl)c(OCC2CC2(Cl)Cl)c(Cl)c1. The second kappa shape index (κ2) is 9.52. The monoisotopic (exact) mass is 491 g/mol. The summed E-state index contributed by atoms with van der Waals surface area (Å²) >= 11 is 24.6. The fraction of sp³-hybridized carbons (Fsp3) is 0.300. The van der Waals surface area contributed by atoms with E-state index in [1.54, 1.807) is 36.4 Å². The van der Waals surface area contributed by atoms with E-state index in [4.69, 9.17) is 55.9 Å². The lowest BCUT2D eigenvalue weighted by Crippen LogP contribution is -2.17. The molecule has 30 heavy (non-hydrogen) atoms. The standard InChI is InChI=1S/C20H17Cl4NO5/c1-28-25-17(19(26)27)14-5-3-2-4-11(14)9-29-13-6-15(21)18(16(22)7-13)30-10-12-8-20(12,23)24/h2-7,12H,8-10H2,1H3,(H,26,27). The van der Waals surface area contributed by atoms with Crippen LogP contribution in [0.5, 0.6) is 11.5 Å². The summed E-state index contributed by atoms with van der Waals surface area (Å²) in [7, 11) is 1.28. The number of halogens is 4. The van der Waals surface area contributed by atoms with Gasteiger partial charge in [0.2, 0.25) is 0 Å². The Morgan fingerprint density at radius 1 is 1.20 bits per heavy atom. The Hall–Kier alpha value is -1.86. The molecule has 0 heterocycles. The number of hydrogen-bond donors (Lipinski definition) is 1. The topological polar surface area (TPSA) is 77.4 Å². The van der Waals surface area contributed by atoms with Crippen molar-refractivity contribution in [1.82, 2.24) is 0 Å². The van der Waals surface area contributed by atoms with Gasteiger partial charge in [0.25, 0.3) is 0 Å². The number of alkyl halides is 2. The molecule has 1 N–H and O–H groups in total. The Kier molecular flexibility index (Phi) is 7.24. The third-order valence-corrected chi connectivity index (χ3v) is 5.90. The Morgan fingerprint density at radius 3 is 2.40 bits per heavy atom. The summed E-state index contributed by atoms with van der Waals surface area (Å²) in [6.07, 6.45) is 0.649. The lowest BCUT2D eigenvalue weighted by molar-refractivity contribution is -0.129. The molecule has 1 atom stereocenters. The molecule has 2 aromatic carbocycles. The van der Waals surface area contributed by atoms with Crippen molar-refractivity contribution in [2.24, 2.45) is 11.1 Å². The van der Waals surface area contributed by atoms with Gasteiger partial charge in [0.15, 0.2) is 11.5 Å². The number of oxime groups is 1. The summed E-state index contributed by atoms with van der Waals surface area (Å²) in [6.45, 7) is 0.360. The van der Waals surface area contributed by atoms with Crippen LogP contribution in [0.25, 0.3) is 0 Å². The fourth-order valence-electron chi connectivity index (χ4n) is 2.73. The maximum absolute atomic E-state index is 11.5. The molecule has 10 heteroatoms. The maximum atomic E-state index is 11.5. The smallest absolute Gasteiger partial charge is 0.358 e. The molecule has 0 bridgehead atoms. The highest BCUT2D eigenvalue weighted by Gasteiger charge is 2.52. The number of nitrogens with zero attached hydrogens (tertiary/aromatic N) is 1. The number of aliphatic carboxylic acids is 1. The van der Waals surface area contributed by atoms with Gasteiger partial charge in [-0.2, -0.15) is 0 Å². The summed E-state index contributed by atoms with van der Waals surface area (Å²) < 4.78 is 10.7. The molecule has 160 valence electrons. The van der Waals surface area contributed by atoms with Crippen molar-refractivity contribution in [3.8, 4) is 11.5 Å². The van der Waals surface area contributed by atoms with E-state index in [2.05, 4.69) is 9.99 Å². The second-order valence-electron chi connectivity index (χ2n) is 6.56.